The summed E-state index contributed by atoms with van der Waals surface area (Å²) in [5.74, 6) is 0.339. The fourth-order valence-corrected chi connectivity index (χ4v) is 3.38. The van der Waals surface area contributed by atoms with E-state index in [2.05, 4.69) is 22.3 Å². The molecule has 3 nitrogen and oxygen atoms in total. The molecule has 2 aliphatic rings. The first kappa shape index (κ1) is 12.7. The third-order valence-electron chi connectivity index (χ3n) is 4.52. The van der Waals surface area contributed by atoms with E-state index in [9.17, 15) is 4.79 Å². The van der Waals surface area contributed by atoms with Gasteiger partial charge in [0.2, 0.25) is 5.91 Å². The summed E-state index contributed by atoms with van der Waals surface area (Å²) >= 11 is 0. The van der Waals surface area contributed by atoms with Crippen molar-refractivity contribution < 1.29 is 4.79 Å². The van der Waals surface area contributed by atoms with Gasteiger partial charge in [-0.1, -0.05) is 30.3 Å². The van der Waals surface area contributed by atoms with E-state index in [1.165, 1.54) is 5.56 Å². The lowest BCUT2D eigenvalue weighted by atomic mass is 9.72. The van der Waals surface area contributed by atoms with Crippen LogP contribution in [-0.4, -0.2) is 37.0 Å². The number of likely N-dealkylation sites (tertiary alicyclic amines) is 1. The van der Waals surface area contributed by atoms with Crippen LogP contribution in [0, 0.1) is 0 Å². The Kier molecular flexibility index (Phi) is 3.56. The molecule has 1 radical (unpaired) electrons. The van der Waals surface area contributed by atoms with Gasteiger partial charge in [-0.3, -0.25) is 4.79 Å². The van der Waals surface area contributed by atoms with Crippen LogP contribution in [0.25, 0.3) is 0 Å². The predicted molar refractivity (Wildman–Crippen MR) is 75.0 cm³/mol. The molecular weight excluding hydrogens is 236 g/mol. The molecule has 1 aromatic rings. The number of hydrogen-bond acceptors (Lipinski definition) is 1. The average Bonchev–Trinajstić information content (AvgIpc) is 3.02. The van der Waals surface area contributed by atoms with Gasteiger partial charge >= 0.3 is 0 Å². The molecule has 2 saturated heterocycles. The van der Waals surface area contributed by atoms with Crippen molar-refractivity contribution in [3.8, 4) is 0 Å². The molecule has 0 spiro atoms. The normalized spacial score (nSPS) is 22.4. The van der Waals surface area contributed by atoms with E-state index in [-0.39, 0.29) is 5.41 Å². The average molecular weight is 257 g/mol. The molecule has 2 heterocycles. The van der Waals surface area contributed by atoms with Crippen LogP contribution >= 0.6 is 0 Å². The molecule has 2 aliphatic heterocycles. The molecule has 101 valence electrons. The zero-order valence-corrected chi connectivity index (χ0v) is 11.3. The lowest BCUT2D eigenvalue weighted by molar-refractivity contribution is -0.137. The molecule has 0 N–H and O–H groups in total. The van der Waals surface area contributed by atoms with Gasteiger partial charge in [0, 0.05) is 26.2 Å². The van der Waals surface area contributed by atoms with Crippen LogP contribution in [0.3, 0.4) is 0 Å². The standard InChI is InChI=1S/C16H21N2O/c19-15(18-12-4-5-13-18)16(8-10-17-11-9-16)14-6-2-1-3-7-14/h1-3,6-7H,4-5,8-13H2. The predicted octanol–water partition coefficient (Wildman–Crippen LogP) is 1.95. The quantitative estimate of drug-likeness (QED) is 0.797. The van der Waals surface area contributed by atoms with Crippen molar-refractivity contribution in [3.63, 3.8) is 0 Å². The third-order valence-corrected chi connectivity index (χ3v) is 4.52. The van der Waals surface area contributed by atoms with Crippen molar-refractivity contribution in [1.29, 1.82) is 0 Å². The molecule has 19 heavy (non-hydrogen) atoms. The molecule has 0 atom stereocenters. The van der Waals surface area contributed by atoms with Crippen molar-refractivity contribution in [2.75, 3.05) is 26.2 Å². The van der Waals surface area contributed by atoms with Gasteiger partial charge in [0.05, 0.1) is 5.41 Å². The van der Waals surface area contributed by atoms with E-state index >= 15 is 0 Å². The van der Waals surface area contributed by atoms with Crippen LogP contribution in [0.5, 0.6) is 0 Å². The van der Waals surface area contributed by atoms with Crippen LogP contribution in [0.2, 0.25) is 0 Å². The van der Waals surface area contributed by atoms with Gasteiger partial charge in [-0.25, -0.2) is 5.32 Å². The van der Waals surface area contributed by atoms with E-state index in [1.54, 1.807) is 0 Å². The van der Waals surface area contributed by atoms with E-state index in [0.717, 1.165) is 51.9 Å². The Balaban J connectivity index is 1.94. The minimum atomic E-state index is -0.312. The molecule has 0 saturated carbocycles. The van der Waals surface area contributed by atoms with Crippen molar-refractivity contribution in [1.82, 2.24) is 10.2 Å². The fraction of sp³-hybridized carbons (Fsp3) is 0.562. The maximum Gasteiger partial charge on any atom is 0.233 e. The maximum atomic E-state index is 13.0. The summed E-state index contributed by atoms with van der Waals surface area (Å²) in [7, 11) is 0. The Morgan fingerprint density at radius 2 is 1.68 bits per heavy atom. The third kappa shape index (κ3) is 2.27. The molecule has 0 aromatic heterocycles. The fourth-order valence-electron chi connectivity index (χ4n) is 3.38. The topological polar surface area (TPSA) is 34.4 Å². The smallest absolute Gasteiger partial charge is 0.233 e. The van der Waals surface area contributed by atoms with Gasteiger partial charge in [0.1, 0.15) is 0 Å². The van der Waals surface area contributed by atoms with Gasteiger partial charge in [0.25, 0.3) is 0 Å². The highest BCUT2D eigenvalue weighted by molar-refractivity contribution is 5.88. The van der Waals surface area contributed by atoms with E-state index in [1.807, 2.05) is 18.2 Å². The zero-order valence-electron chi connectivity index (χ0n) is 11.3. The highest BCUT2D eigenvalue weighted by Gasteiger charge is 2.44. The molecule has 0 unspecified atom stereocenters. The minimum absolute atomic E-state index is 0.312. The first-order chi connectivity index (χ1) is 9.33. The van der Waals surface area contributed by atoms with Crippen molar-refractivity contribution in [2.24, 2.45) is 0 Å². The van der Waals surface area contributed by atoms with Crippen LogP contribution in [0.1, 0.15) is 31.2 Å². The summed E-state index contributed by atoms with van der Waals surface area (Å²) in [6, 6.07) is 10.3. The molecule has 1 aromatic carbocycles. The highest BCUT2D eigenvalue weighted by Crippen LogP contribution is 2.36. The van der Waals surface area contributed by atoms with Gasteiger partial charge < -0.3 is 4.90 Å². The largest absolute Gasteiger partial charge is 0.342 e. The number of benzene rings is 1. The van der Waals surface area contributed by atoms with E-state index < -0.39 is 0 Å². The highest BCUT2D eigenvalue weighted by atomic mass is 16.2. The summed E-state index contributed by atoms with van der Waals surface area (Å²) in [6.07, 6.45) is 4.04. The summed E-state index contributed by atoms with van der Waals surface area (Å²) < 4.78 is 0. The van der Waals surface area contributed by atoms with E-state index in [4.69, 9.17) is 0 Å². The number of piperidine rings is 1. The number of rotatable bonds is 2. The molecule has 3 heteroatoms. The second-order valence-electron chi connectivity index (χ2n) is 5.62. The van der Waals surface area contributed by atoms with Crippen LogP contribution in [0.15, 0.2) is 30.3 Å². The first-order valence-corrected chi connectivity index (χ1v) is 7.31. The van der Waals surface area contributed by atoms with Crippen LogP contribution in [-0.2, 0) is 10.2 Å². The van der Waals surface area contributed by atoms with Crippen molar-refractivity contribution >= 4 is 5.91 Å². The van der Waals surface area contributed by atoms with Crippen LogP contribution in [0.4, 0.5) is 0 Å². The molecular formula is C16H21N2O. The summed E-state index contributed by atoms with van der Waals surface area (Å²) in [4.78, 5) is 15.1. The molecule has 2 fully saturated rings. The summed E-state index contributed by atoms with van der Waals surface area (Å²) in [6.45, 7) is 3.50. The lowest BCUT2D eigenvalue weighted by Crippen LogP contribution is -2.50. The Morgan fingerprint density at radius 1 is 1.05 bits per heavy atom. The van der Waals surface area contributed by atoms with E-state index in [0.29, 0.717) is 5.91 Å². The molecule has 0 bridgehead atoms. The first-order valence-electron chi connectivity index (χ1n) is 7.31. The van der Waals surface area contributed by atoms with Crippen molar-refractivity contribution in [3.05, 3.63) is 35.9 Å². The van der Waals surface area contributed by atoms with Gasteiger partial charge in [0.15, 0.2) is 0 Å². The van der Waals surface area contributed by atoms with Gasteiger partial charge in [-0.15, -0.1) is 0 Å². The SMILES string of the molecule is O=C(N1CCCC1)C1(c2ccccc2)CC[N]CC1. The monoisotopic (exact) mass is 257 g/mol. The second kappa shape index (κ2) is 5.33. The number of carbonyl (C=O) groups excluding carboxylic acids is 1. The van der Waals surface area contributed by atoms with Gasteiger partial charge in [-0.05, 0) is 31.2 Å². The van der Waals surface area contributed by atoms with Gasteiger partial charge in [-0.2, -0.15) is 0 Å². The lowest BCUT2D eigenvalue weighted by Gasteiger charge is -2.39. The zero-order chi connectivity index (χ0) is 13.1. The Morgan fingerprint density at radius 3 is 2.32 bits per heavy atom. The van der Waals surface area contributed by atoms with Crippen molar-refractivity contribution in [2.45, 2.75) is 31.1 Å². The molecule has 3 rings (SSSR count). The van der Waals surface area contributed by atoms with Crippen LogP contribution < -0.4 is 5.32 Å². The molecule has 1 amide bonds. The summed E-state index contributed by atoms with van der Waals surface area (Å²) in [5.41, 5.74) is 0.870. The number of carbonyl (C=O) groups is 1. The second-order valence-corrected chi connectivity index (χ2v) is 5.62. The maximum absolute atomic E-state index is 13.0. The number of amides is 1. The molecule has 0 aliphatic carbocycles. The number of hydrogen-bond donors (Lipinski definition) is 0. The minimum Gasteiger partial charge on any atom is -0.342 e. The summed E-state index contributed by atoms with van der Waals surface area (Å²) in [5, 5.41) is 4.44. The number of nitrogens with zero attached hydrogens (tertiary/aromatic N) is 2. The Hall–Kier alpha value is -1.35. The Bertz CT molecular complexity index is 431. The Labute approximate surface area is 115 Å².